The molecule has 2 heteroatoms. The molecule has 88 valence electrons. The van der Waals surface area contributed by atoms with Gasteiger partial charge in [0.1, 0.15) is 0 Å². The molecule has 1 aliphatic heterocycles. The number of rotatable bonds is 7. The minimum Gasteiger partial charge on any atom is -0.315 e. The summed E-state index contributed by atoms with van der Waals surface area (Å²) in [4.78, 5) is 2.62. The summed E-state index contributed by atoms with van der Waals surface area (Å²) in [5.74, 6) is 1.10. The molecule has 0 bridgehead atoms. The van der Waals surface area contributed by atoms with E-state index in [1.54, 1.807) is 0 Å². The molecule has 0 amide bonds. The van der Waals surface area contributed by atoms with E-state index in [0.29, 0.717) is 0 Å². The summed E-state index contributed by atoms with van der Waals surface area (Å²) in [5.41, 5.74) is 0. The second-order valence-electron chi connectivity index (χ2n) is 5.21. The average Bonchev–Trinajstić information content (AvgIpc) is 2.96. The number of likely N-dealkylation sites (N-methyl/N-ethyl adjacent to an activating group) is 1. The Morgan fingerprint density at radius 2 is 2.13 bits per heavy atom. The van der Waals surface area contributed by atoms with Gasteiger partial charge in [0.2, 0.25) is 0 Å². The maximum absolute atomic E-state index is 3.63. The monoisotopic (exact) mass is 210 g/mol. The van der Waals surface area contributed by atoms with E-state index in [9.17, 15) is 0 Å². The Balaban J connectivity index is 1.48. The van der Waals surface area contributed by atoms with Crippen LogP contribution in [0.4, 0.5) is 0 Å². The Bertz CT molecular complexity index is 177. The van der Waals surface area contributed by atoms with Gasteiger partial charge in [-0.2, -0.15) is 0 Å². The molecule has 0 aromatic rings. The van der Waals surface area contributed by atoms with Crippen molar-refractivity contribution in [3.63, 3.8) is 0 Å². The molecule has 1 saturated carbocycles. The van der Waals surface area contributed by atoms with Crippen molar-refractivity contribution in [2.75, 3.05) is 26.2 Å². The molecule has 2 aliphatic rings. The first-order valence-corrected chi connectivity index (χ1v) is 6.85. The maximum Gasteiger partial charge on any atom is 0.0220 e. The Morgan fingerprint density at radius 1 is 1.27 bits per heavy atom. The summed E-state index contributed by atoms with van der Waals surface area (Å²) >= 11 is 0. The Hall–Kier alpha value is -0.0800. The molecule has 1 heterocycles. The molecule has 1 N–H and O–H groups in total. The van der Waals surface area contributed by atoms with Gasteiger partial charge < -0.3 is 5.32 Å². The highest BCUT2D eigenvalue weighted by Gasteiger charge is 2.22. The lowest BCUT2D eigenvalue weighted by molar-refractivity contribution is 0.260. The van der Waals surface area contributed by atoms with E-state index in [2.05, 4.69) is 17.1 Å². The maximum atomic E-state index is 3.63. The second-order valence-corrected chi connectivity index (χ2v) is 5.21. The van der Waals surface area contributed by atoms with Crippen molar-refractivity contribution in [1.82, 2.24) is 10.2 Å². The Labute approximate surface area is 94.4 Å². The van der Waals surface area contributed by atoms with E-state index in [1.165, 1.54) is 64.7 Å². The van der Waals surface area contributed by atoms with Gasteiger partial charge in [0.05, 0.1) is 0 Å². The van der Waals surface area contributed by atoms with Crippen LogP contribution < -0.4 is 5.32 Å². The third-order valence-corrected chi connectivity index (χ3v) is 3.95. The van der Waals surface area contributed by atoms with Crippen LogP contribution in [0, 0.1) is 5.92 Å². The third-order valence-electron chi connectivity index (χ3n) is 3.95. The molecule has 0 unspecified atom stereocenters. The molecular weight excluding hydrogens is 184 g/mol. The predicted octanol–water partition coefficient (Wildman–Crippen LogP) is 2.25. The van der Waals surface area contributed by atoms with E-state index in [1.807, 2.05) is 0 Å². The van der Waals surface area contributed by atoms with Crippen LogP contribution in [0.15, 0.2) is 0 Å². The van der Waals surface area contributed by atoms with Crippen LogP contribution in [-0.4, -0.2) is 37.1 Å². The normalized spacial score (nSPS) is 27.4. The topological polar surface area (TPSA) is 15.3 Å². The van der Waals surface area contributed by atoms with Gasteiger partial charge >= 0.3 is 0 Å². The van der Waals surface area contributed by atoms with Gasteiger partial charge in [0, 0.05) is 12.6 Å². The molecule has 0 radical (unpaired) electrons. The zero-order valence-electron chi connectivity index (χ0n) is 10.2. The first kappa shape index (κ1) is 11.4. The van der Waals surface area contributed by atoms with Gasteiger partial charge in [-0.1, -0.05) is 19.8 Å². The summed E-state index contributed by atoms with van der Waals surface area (Å²) < 4.78 is 0. The number of hydrogen-bond acceptors (Lipinski definition) is 2. The van der Waals surface area contributed by atoms with Crippen LogP contribution in [0.5, 0.6) is 0 Å². The van der Waals surface area contributed by atoms with Crippen molar-refractivity contribution in [3.05, 3.63) is 0 Å². The number of likely N-dealkylation sites (tertiary alicyclic amines) is 1. The molecular formula is C13H26N2. The highest BCUT2D eigenvalue weighted by atomic mass is 15.2. The van der Waals surface area contributed by atoms with Crippen molar-refractivity contribution < 1.29 is 0 Å². The van der Waals surface area contributed by atoms with E-state index >= 15 is 0 Å². The largest absolute Gasteiger partial charge is 0.315 e. The molecule has 1 aliphatic carbocycles. The fourth-order valence-corrected chi connectivity index (χ4v) is 2.73. The molecule has 1 atom stereocenters. The summed E-state index contributed by atoms with van der Waals surface area (Å²) in [5, 5.41) is 3.63. The summed E-state index contributed by atoms with van der Waals surface area (Å²) in [7, 11) is 0. The van der Waals surface area contributed by atoms with Gasteiger partial charge in [-0.25, -0.2) is 0 Å². The quantitative estimate of drug-likeness (QED) is 0.648. The molecule has 1 saturated heterocycles. The lowest BCUT2D eigenvalue weighted by Crippen LogP contribution is -2.38. The van der Waals surface area contributed by atoms with E-state index in [4.69, 9.17) is 0 Å². The van der Waals surface area contributed by atoms with Gasteiger partial charge in [-0.05, 0) is 51.2 Å². The zero-order valence-corrected chi connectivity index (χ0v) is 10.2. The van der Waals surface area contributed by atoms with Gasteiger partial charge in [0.15, 0.2) is 0 Å². The molecule has 2 nitrogen and oxygen atoms in total. The standard InChI is InChI=1S/C13H26N2/c1-2-15-10-4-6-13(15)11-14-9-3-5-12-7-8-12/h12-14H,2-11H2,1H3/t13-/m1/s1. The van der Waals surface area contributed by atoms with Crippen molar-refractivity contribution in [2.24, 2.45) is 5.92 Å². The fourth-order valence-electron chi connectivity index (χ4n) is 2.73. The molecule has 0 aromatic heterocycles. The Morgan fingerprint density at radius 3 is 2.87 bits per heavy atom. The third kappa shape index (κ3) is 3.76. The lowest BCUT2D eigenvalue weighted by atomic mass is 10.2. The van der Waals surface area contributed by atoms with Crippen molar-refractivity contribution in [3.8, 4) is 0 Å². The minimum atomic E-state index is 0.830. The molecule has 0 spiro atoms. The number of nitrogens with zero attached hydrogens (tertiary/aromatic N) is 1. The Kier molecular flexibility index (Phi) is 4.45. The lowest BCUT2D eigenvalue weighted by Gasteiger charge is -2.22. The molecule has 15 heavy (non-hydrogen) atoms. The first-order chi connectivity index (χ1) is 7.40. The van der Waals surface area contributed by atoms with Crippen LogP contribution in [0.25, 0.3) is 0 Å². The predicted molar refractivity (Wildman–Crippen MR) is 65.1 cm³/mol. The van der Waals surface area contributed by atoms with Gasteiger partial charge in [-0.15, -0.1) is 0 Å². The zero-order chi connectivity index (χ0) is 10.5. The summed E-state index contributed by atoms with van der Waals surface area (Å²) in [6.45, 7) is 7.30. The fraction of sp³-hybridized carbons (Fsp3) is 1.00. The smallest absolute Gasteiger partial charge is 0.0220 e. The van der Waals surface area contributed by atoms with Crippen molar-refractivity contribution >= 4 is 0 Å². The van der Waals surface area contributed by atoms with E-state index in [0.717, 1.165) is 12.0 Å². The van der Waals surface area contributed by atoms with E-state index < -0.39 is 0 Å². The van der Waals surface area contributed by atoms with Crippen molar-refractivity contribution in [1.29, 1.82) is 0 Å². The highest BCUT2D eigenvalue weighted by molar-refractivity contribution is 4.80. The molecule has 0 aromatic carbocycles. The van der Waals surface area contributed by atoms with Crippen LogP contribution in [0.2, 0.25) is 0 Å². The van der Waals surface area contributed by atoms with Crippen LogP contribution in [0.3, 0.4) is 0 Å². The highest BCUT2D eigenvalue weighted by Crippen LogP contribution is 2.33. The van der Waals surface area contributed by atoms with Crippen LogP contribution in [0.1, 0.15) is 45.4 Å². The minimum absolute atomic E-state index is 0.830. The number of hydrogen-bond donors (Lipinski definition) is 1. The van der Waals surface area contributed by atoms with Crippen molar-refractivity contribution in [2.45, 2.75) is 51.5 Å². The second kappa shape index (κ2) is 5.86. The average molecular weight is 210 g/mol. The SMILES string of the molecule is CCN1CCC[C@@H]1CNCCCC1CC1. The first-order valence-electron chi connectivity index (χ1n) is 6.85. The summed E-state index contributed by atoms with van der Waals surface area (Å²) in [6.07, 6.45) is 8.68. The van der Waals surface area contributed by atoms with E-state index in [-0.39, 0.29) is 0 Å². The molecule has 2 rings (SSSR count). The van der Waals surface area contributed by atoms with Gasteiger partial charge in [-0.3, -0.25) is 4.90 Å². The van der Waals surface area contributed by atoms with Gasteiger partial charge in [0.25, 0.3) is 0 Å². The summed E-state index contributed by atoms with van der Waals surface area (Å²) in [6, 6.07) is 0.830. The number of nitrogens with one attached hydrogen (secondary N) is 1. The van der Waals surface area contributed by atoms with Crippen LogP contribution in [-0.2, 0) is 0 Å². The van der Waals surface area contributed by atoms with Crippen LogP contribution >= 0.6 is 0 Å². The molecule has 2 fully saturated rings.